The summed E-state index contributed by atoms with van der Waals surface area (Å²) in [6.07, 6.45) is 1.45. The van der Waals surface area contributed by atoms with Crippen molar-refractivity contribution in [3.05, 3.63) is 29.8 Å². The van der Waals surface area contributed by atoms with Crippen molar-refractivity contribution in [3.8, 4) is 5.75 Å². The normalized spacial score (nSPS) is 11.4. The first kappa shape index (κ1) is 18.7. The number of hydrogen-bond donors (Lipinski definition) is 1. The molecule has 1 aromatic carbocycles. The van der Waals surface area contributed by atoms with E-state index in [0.717, 1.165) is 24.3 Å². The molecular weight excluding hydrogens is 276 g/mol. The fraction of sp³-hybridized carbons (Fsp3) is 0.533. The minimum absolute atomic E-state index is 0. The van der Waals surface area contributed by atoms with Crippen molar-refractivity contribution in [3.63, 3.8) is 0 Å². The minimum Gasteiger partial charge on any atom is -0.497 e. The van der Waals surface area contributed by atoms with E-state index in [9.17, 15) is 4.79 Å². The third-order valence-electron chi connectivity index (χ3n) is 3.39. The zero-order valence-electron chi connectivity index (χ0n) is 12.7. The number of halogens is 1. The molecule has 0 aliphatic rings. The number of carbonyl (C=O) groups excluding carboxylic acids is 1. The molecule has 0 aliphatic carbocycles. The second-order valence-electron chi connectivity index (χ2n) is 4.66. The number of ether oxygens (including phenoxy) is 1. The summed E-state index contributed by atoms with van der Waals surface area (Å²) >= 11 is 0. The lowest BCUT2D eigenvalue weighted by molar-refractivity contribution is -0.131. The van der Waals surface area contributed by atoms with Crippen LogP contribution in [0.5, 0.6) is 5.75 Å². The first-order chi connectivity index (χ1) is 9.10. The minimum atomic E-state index is 0. The summed E-state index contributed by atoms with van der Waals surface area (Å²) < 4.78 is 5.13. The zero-order chi connectivity index (χ0) is 14.3. The van der Waals surface area contributed by atoms with Crippen LogP contribution in [0, 0.1) is 0 Å². The van der Waals surface area contributed by atoms with E-state index in [2.05, 4.69) is 5.32 Å². The van der Waals surface area contributed by atoms with Crippen molar-refractivity contribution in [1.82, 2.24) is 10.2 Å². The summed E-state index contributed by atoms with van der Waals surface area (Å²) in [7, 11) is 5.40. The summed E-state index contributed by atoms with van der Waals surface area (Å²) in [5.41, 5.74) is 1.12. The van der Waals surface area contributed by atoms with Gasteiger partial charge >= 0.3 is 0 Å². The predicted octanol–water partition coefficient (Wildman–Crippen LogP) is 2.64. The van der Waals surface area contributed by atoms with Gasteiger partial charge < -0.3 is 15.0 Å². The second-order valence-corrected chi connectivity index (χ2v) is 4.66. The molecule has 0 saturated carbocycles. The molecule has 0 saturated heterocycles. The smallest absolute Gasteiger partial charge is 0.222 e. The first-order valence-corrected chi connectivity index (χ1v) is 6.64. The highest BCUT2D eigenvalue weighted by atomic mass is 35.5. The molecule has 1 N–H and O–H groups in total. The van der Waals surface area contributed by atoms with Gasteiger partial charge in [0.2, 0.25) is 5.91 Å². The molecule has 5 heteroatoms. The maximum absolute atomic E-state index is 12.0. The van der Waals surface area contributed by atoms with Crippen LogP contribution >= 0.6 is 12.4 Å². The van der Waals surface area contributed by atoms with Crippen LogP contribution in [0.1, 0.15) is 31.4 Å². The Morgan fingerprint density at radius 3 is 2.45 bits per heavy atom. The van der Waals surface area contributed by atoms with Gasteiger partial charge in [-0.1, -0.05) is 12.1 Å². The molecule has 1 amide bonds. The standard InChI is InChI=1S/C15H24N2O2.ClH/c1-12(13-7-9-14(19-4)10-8-13)17(3)15(18)6-5-11-16-2;/h7-10,12,16H,5-6,11H2,1-4H3;1H. The van der Waals surface area contributed by atoms with Crippen LogP contribution in [0.2, 0.25) is 0 Å². The number of nitrogens with one attached hydrogen (secondary N) is 1. The van der Waals surface area contributed by atoms with Gasteiger partial charge in [-0.25, -0.2) is 0 Å². The van der Waals surface area contributed by atoms with Crippen molar-refractivity contribution >= 4 is 18.3 Å². The molecule has 20 heavy (non-hydrogen) atoms. The molecule has 1 rings (SSSR count). The SMILES string of the molecule is CNCCCC(=O)N(C)C(C)c1ccc(OC)cc1.Cl. The third kappa shape index (κ3) is 5.39. The van der Waals surface area contributed by atoms with Crippen LogP contribution in [-0.4, -0.2) is 38.6 Å². The lowest BCUT2D eigenvalue weighted by Crippen LogP contribution is -2.30. The van der Waals surface area contributed by atoms with Gasteiger partial charge in [0.15, 0.2) is 0 Å². The molecule has 0 radical (unpaired) electrons. The van der Waals surface area contributed by atoms with Crippen molar-refractivity contribution < 1.29 is 9.53 Å². The summed E-state index contributed by atoms with van der Waals surface area (Å²) in [5.74, 6) is 1.01. The summed E-state index contributed by atoms with van der Waals surface area (Å²) in [4.78, 5) is 13.8. The average Bonchev–Trinajstić information content (AvgIpc) is 2.46. The van der Waals surface area contributed by atoms with E-state index < -0.39 is 0 Å². The summed E-state index contributed by atoms with van der Waals surface area (Å²) in [6, 6.07) is 7.92. The maximum atomic E-state index is 12.0. The van der Waals surface area contributed by atoms with Crippen molar-refractivity contribution in [2.45, 2.75) is 25.8 Å². The van der Waals surface area contributed by atoms with Crippen LogP contribution in [0.15, 0.2) is 24.3 Å². The topological polar surface area (TPSA) is 41.6 Å². The highest BCUT2D eigenvalue weighted by molar-refractivity contribution is 5.85. The number of carbonyl (C=O) groups is 1. The molecule has 0 aromatic heterocycles. The van der Waals surface area contributed by atoms with Crippen molar-refractivity contribution in [2.24, 2.45) is 0 Å². The quantitative estimate of drug-likeness (QED) is 0.787. The lowest BCUT2D eigenvalue weighted by Gasteiger charge is -2.25. The van der Waals surface area contributed by atoms with E-state index in [1.807, 2.05) is 45.3 Å². The van der Waals surface area contributed by atoms with Crippen LogP contribution in [-0.2, 0) is 4.79 Å². The van der Waals surface area contributed by atoms with Gasteiger partial charge in [0.25, 0.3) is 0 Å². The van der Waals surface area contributed by atoms with Crippen LogP contribution in [0.25, 0.3) is 0 Å². The Kier molecular flexibility index (Phi) is 9.01. The predicted molar refractivity (Wildman–Crippen MR) is 84.6 cm³/mol. The highest BCUT2D eigenvalue weighted by Crippen LogP contribution is 2.22. The number of hydrogen-bond acceptors (Lipinski definition) is 3. The fourth-order valence-electron chi connectivity index (χ4n) is 1.91. The largest absolute Gasteiger partial charge is 0.497 e. The van der Waals surface area contributed by atoms with Gasteiger partial charge in [-0.05, 0) is 44.6 Å². The molecule has 0 heterocycles. The van der Waals surface area contributed by atoms with Crippen LogP contribution in [0.3, 0.4) is 0 Å². The second kappa shape index (κ2) is 9.61. The van der Waals surface area contributed by atoms with Gasteiger partial charge in [-0.3, -0.25) is 4.79 Å². The summed E-state index contributed by atoms with van der Waals surface area (Å²) in [5, 5.41) is 3.05. The van der Waals surface area contributed by atoms with Gasteiger partial charge in [0.1, 0.15) is 5.75 Å². The molecule has 114 valence electrons. The lowest BCUT2D eigenvalue weighted by atomic mass is 10.1. The van der Waals surface area contributed by atoms with Gasteiger partial charge in [0, 0.05) is 13.5 Å². The number of benzene rings is 1. The van der Waals surface area contributed by atoms with E-state index in [0.29, 0.717) is 6.42 Å². The molecular formula is C15H25ClN2O2. The maximum Gasteiger partial charge on any atom is 0.222 e. The number of amides is 1. The Bertz CT molecular complexity index is 395. The Balaban J connectivity index is 0.00000361. The molecule has 4 nitrogen and oxygen atoms in total. The highest BCUT2D eigenvalue weighted by Gasteiger charge is 2.16. The Morgan fingerprint density at radius 1 is 1.35 bits per heavy atom. The van der Waals surface area contributed by atoms with Gasteiger partial charge in [-0.15, -0.1) is 12.4 Å². The van der Waals surface area contributed by atoms with Crippen molar-refractivity contribution in [1.29, 1.82) is 0 Å². The van der Waals surface area contributed by atoms with Crippen LogP contribution in [0.4, 0.5) is 0 Å². The van der Waals surface area contributed by atoms with E-state index in [1.165, 1.54) is 0 Å². The van der Waals surface area contributed by atoms with E-state index >= 15 is 0 Å². The summed E-state index contributed by atoms with van der Waals surface area (Å²) in [6.45, 7) is 2.91. The molecule has 0 fully saturated rings. The molecule has 0 bridgehead atoms. The number of nitrogens with zero attached hydrogens (tertiary/aromatic N) is 1. The Morgan fingerprint density at radius 2 is 1.95 bits per heavy atom. The Labute approximate surface area is 127 Å². The molecule has 1 unspecified atom stereocenters. The number of methoxy groups -OCH3 is 1. The molecule has 0 aliphatic heterocycles. The monoisotopic (exact) mass is 300 g/mol. The number of rotatable bonds is 7. The molecule has 1 atom stereocenters. The first-order valence-electron chi connectivity index (χ1n) is 6.64. The molecule has 1 aromatic rings. The van der Waals surface area contributed by atoms with Crippen molar-refractivity contribution in [2.75, 3.05) is 27.7 Å². The zero-order valence-corrected chi connectivity index (χ0v) is 13.5. The van der Waals surface area contributed by atoms with E-state index in [-0.39, 0.29) is 24.4 Å². The third-order valence-corrected chi connectivity index (χ3v) is 3.39. The van der Waals surface area contributed by atoms with Gasteiger partial charge in [0.05, 0.1) is 13.2 Å². The van der Waals surface area contributed by atoms with E-state index in [4.69, 9.17) is 4.74 Å². The van der Waals surface area contributed by atoms with E-state index in [1.54, 1.807) is 12.0 Å². The van der Waals surface area contributed by atoms with Gasteiger partial charge in [-0.2, -0.15) is 0 Å². The Hall–Kier alpha value is -1.26. The van der Waals surface area contributed by atoms with Crippen LogP contribution < -0.4 is 10.1 Å². The average molecular weight is 301 g/mol. The fourth-order valence-corrected chi connectivity index (χ4v) is 1.91. The molecule has 0 spiro atoms.